The van der Waals surface area contributed by atoms with Crippen LogP contribution in [0.5, 0.6) is 0 Å². The van der Waals surface area contributed by atoms with Crippen molar-refractivity contribution in [1.82, 2.24) is 19.8 Å². The Kier molecular flexibility index (Phi) is 6.06. The highest BCUT2D eigenvalue weighted by molar-refractivity contribution is 5.81. The van der Waals surface area contributed by atoms with Crippen molar-refractivity contribution < 1.29 is 32.2 Å². The van der Waals surface area contributed by atoms with Crippen LogP contribution in [0.3, 0.4) is 0 Å². The number of amides is 1. The molecule has 3 fully saturated rings. The van der Waals surface area contributed by atoms with E-state index in [1.54, 1.807) is 7.11 Å². The smallest absolute Gasteiger partial charge is 0.378 e. The van der Waals surface area contributed by atoms with Crippen molar-refractivity contribution in [2.24, 2.45) is 0 Å². The molecule has 1 spiro atoms. The molecule has 1 N–H and O–H groups in total. The lowest BCUT2D eigenvalue weighted by atomic mass is 9.92. The summed E-state index contributed by atoms with van der Waals surface area (Å²) in [6.07, 6.45) is -2.20. The molecular formula is C20H29F3N4O4. The fraction of sp³-hybridized carbons (Fsp3) is 0.800. The number of rotatable bonds is 4. The van der Waals surface area contributed by atoms with Crippen molar-refractivity contribution in [2.75, 3.05) is 46.5 Å². The normalized spacial score (nSPS) is 29.6. The van der Waals surface area contributed by atoms with Gasteiger partial charge in [0.2, 0.25) is 0 Å². The Labute approximate surface area is 179 Å². The van der Waals surface area contributed by atoms with Crippen molar-refractivity contribution in [2.45, 2.75) is 56.2 Å². The van der Waals surface area contributed by atoms with E-state index in [-0.39, 0.29) is 30.5 Å². The molecule has 3 aliphatic heterocycles. The summed E-state index contributed by atoms with van der Waals surface area (Å²) in [6.45, 7) is 5.32. The highest BCUT2D eigenvalue weighted by Gasteiger charge is 2.48. The number of piperidine rings is 1. The lowest BCUT2D eigenvalue weighted by Gasteiger charge is -2.40. The Hall–Kier alpha value is -1.69. The molecule has 0 radical (unpaired) electrons. The van der Waals surface area contributed by atoms with E-state index < -0.39 is 23.6 Å². The SMILES string of the molecule is COC1(C)CCN(C(=O)C2CC3(CO2)CN(Cc2ncc(C(F)(F)F)[nH]2)CCO3)CC1. The minimum Gasteiger partial charge on any atom is -0.378 e. The maximum absolute atomic E-state index is 13.0. The monoisotopic (exact) mass is 446 g/mol. The van der Waals surface area contributed by atoms with Crippen LogP contribution in [0, 0.1) is 0 Å². The summed E-state index contributed by atoms with van der Waals surface area (Å²) < 4.78 is 55.8. The van der Waals surface area contributed by atoms with Gasteiger partial charge in [-0.25, -0.2) is 4.98 Å². The number of likely N-dealkylation sites (tertiary alicyclic amines) is 1. The van der Waals surface area contributed by atoms with Crippen LogP contribution < -0.4 is 0 Å². The number of nitrogens with zero attached hydrogens (tertiary/aromatic N) is 3. The Morgan fingerprint density at radius 2 is 2.10 bits per heavy atom. The molecule has 3 saturated heterocycles. The highest BCUT2D eigenvalue weighted by atomic mass is 19.4. The highest BCUT2D eigenvalue weighted by Crippen LogP contribution is 2.34. The maximum atomic E-state index is 13.0. The van der Waals surface area contributed by atoms with Gasteiger partial charge in [-0.2, -0.15) is 13.2 Å². The number of aromatic amines is 1. The van der Waals surface area contributed by atoms with Crippen LogP contribution in [-0.4, -0.2) is 89.5 Å². The number of methoxy groups -OCH3 is 1. The Balaban J connectivity index is 1.33. The van der Waals surface area contributed by atoms with Gasteiger partial charge in [0.15, 0.2) is 0 Å². The van der Waals surface area contributed by atoms with Gasteiger partial charge in [-0.3, -0.25) is 9.69 Å². The second kappa shape index (κ2) is 8.34. The van der Waals surface area contributed by atoms with Crippen LogP contribution in [0.25, 0.3) is 0 Å². The van der Waals surface area contributed by atoms with Crippen molar-refractivity contribution in [3.05, 3.63) is 17.7 Å². The van der Waals surface area contributed by atoms with Crippen LogP contribution in [0.4, 0.5) is 13.2 Å². The van der Waals surface area contributed by atoms with Gasteiger partial charge in [0.05, 0.1) is 31.6 Å². The fourth-order valence-electron chi connectivity index (χ4n) is 4.54. The first-order valence-electron chi connectivity index (χ1n) is 10.5. The number of hydrogen-bond donors (Lipinski definition) is 1. The zero-order chi connectivity index (χ0) is 22.3. The van der Waals surface area contributed by atoms with Gasteiger partial charge < -0.3 is 24.1 Å². The third kappa shape index (κ3) is 4.89. The molecule has 1 amide bonds. The minimum absolute atomic E-state index is 0.0309. The summed E-state index contributed by atoms with van der Waals surface area (Å²) in [7, 11) is 1.69. The van der Waals surface area contributed by atoms with Crippen molar-refractivity contribution in [3.63, 3.8) is 0 Å². The lowest BCUT2D eigenvalue weighted by molar-refractivity contribution is -0.145. The summed E-state index contributed by atoms with van der Waals surface area (Å²) in [6, 6.07) is 0. The first-order valence-corrected chi connectivity index (χ1v) is 10.5. The molecule has 1 aromatic heterocycles. The molecule has 0 aromatic carbocycles. The van der Waals surface area contributed by atoms with E-state index in [1.807, 2.05) is 9.80 Å². The number of morpholine rings is 1. The molecule has 4 heterocycles. The van der Waals surface area contributed by atoms with Crippen molar-refractivity contribution >= 4 is 5.91 Å². The van der Waals surface area contributed by atoms with E-state index in [0.29, 0.717) is 39.2 Å². The quantitative estimate of drug-likeness (QED) is 0.760. The molecule has 11 heteroatoms. The molecular weight excluding hydrogens is 417 g/mol. The first kappa shape index (κ1) is 22.5. The molecule has 4 rings (SSSR count). The molecule has 2 atom stereocenters. The molecule has 174 valence electrons. The number of imidazole rings is 1. The van der Waals surface area contributed by atoms with E-state index in [9.17, 15) is 18.0 Å². The molecule has 31 heavy (non-hydrogen) atoms. The number of ether oxygens (including phenoxy) is 3. The van der Waals surface area contributed by atoms with Gasteiger partial charge in [-0.1, -0.05) is 0 Å². The Bertz CT molecular complexity index is 794. The van der Waals surface area contributed by atoms with E-state index in [1.165, 1.54) is 0 Å². The predicted molar refractivity (Wildman–Crippen MR) is 103 cm³/mol. The molecule has 1 aromatic rings. The van der Waals surface area contributed by atoms with Crippen molar-refractivity contribution in [3.8, 4) is 0 Å². The number of halogens is 3. The molecule has 0 bridgehead atoms. The van der Waals surface area contributed by atoms with Gasteiger partial charge in [-0.05, 0) is 19.8 Å². The first-order chi connectivity index (χ1) is 14.6. The average molecular weight is 446 g/mol. The molecule has 0 aliphatic carbocycles. The lowest BCUT2D eigenvalue weighted by Crippen LogP contribution is -2.53. The summed E-state index contributed by atoms with van der Waals surface area (Å²) in [4.78, 5) is 23.0. The van der Waals surface area contributed by atoms with Crippen LogP contribution >= 0.6 is 0 Å². The average Bonchev–Trinajstić information content (AvgIpc) is 3.36. The second-order valence-corrected chi connectivity index (χ2v) is 8.97. The fourth-order valence-corrected chi connectivity index (χ4v) is 4.54. The number of carbonyl (C=O) groups is 1. The van der Waals surface area contributed by atoms with Gasteiger partial charge >= 0.3 is 6.18 Å². The standard InChI is InChI=1S/C20H29F3N4O4/c1-18(29-2)3-5-27(6-4-18)17(28)14-9-19(13-30-14)12-26(7-8-31-19)11-16-24-10-15(25-16)20(21,22)23/h10,14H,3-9,11-13H2,1-2H3,(H,24,25). The van der Waals surface area contributed by atoms with Gasteiger partial charge in [-0.15, -0.1) is 0 Å². The Morgan fingerprint density at radius 3 is 2.74 bits per heavy atom. The van der Waals surface area contributed by atoms with Crippen LogP contribution in [0.2, 0.25) is 0 Å². The van der Waals surface area contributed by atoms with Crippen molar-refractivity contribution in [1.29, 1.82) is 0 Å². The van der Waals surface area contributed by atoms with E-state index in [4.69, 9.17) is 14.2 Å². The largest absolute Gasteiger partial charge is 0.432 e. The number of H-pyrrole nitrogens is 1. The molecule has 2 unspecified atom stereocenters. The number of carbonyl (C=O) groups excluding carboxylic acids is 1. The van der Waals surface area contributed by atoms with Gasteiger partial charge in [0.1, 0.15) is 23.2 Å². The van der Waals surface area contributed by atoms with Crippen LogP contribution in [-0.2, 0) is 31.7 Å². The molecule has 3 aliphatic rings. The van der Waals surface area contributed by atoms with E-state index >= 15 is 0 Å². The number of nitrogens with one attached hydrogen (secondary N) is 1. The molecule has 0 saturated carbocycles. The van der Waals surface area contributed by atoms with E-state index in [0.717, 1.165) is 19.0 Å². The number of hydrogen-bond acceptors (Lipinski definition) is 6. The van der Waals surface area contributed by atoms with E-state index in [2.05, 4.69) is 16.9 Å². The molecule has 8 nitrogen and oxygen atoms in total. The van der Waals surface area contributed by atoms with Crippen LogP contribution in [0.15, 0.2) is 6.20 Å². The van der Waals surface area contributed by atoms with Gasteiger partial charge in [0.25, 0.3) is 5.91 Å². The topological polar surface area (TPSA) is 79.9 Å². The number of aromatic nitrogens is 2. The zero-order valence-electron chi connectivity index (χ0n) is 17.8. The van der Waals surface area contributed by atoms with Gasteiger partial charge in [0, 0.05) is 39.7 Å². The summed E-state index contributed by atoms with van der Waals surface area (Å²) in [5.41, 5.74) is -1.68. The number of alkyl halides is 3. The zero-order valence-corrected chi connectivity index (χ0v) is 17.8. The summed E-state index contributed by atoms with van der Waals surface area (Å²) in [5.74, 6) is 0.224. The predicted octanol–water partition coefficient (Wildman–Crippen LogP) is 1.82. The minimum atomic E-state index is -4.44. The third-order valence-electron chi connectivity index (χ3n) is 6.64. The summed E-state index contributed by atoms with van der Waals surface area (Å²) in [5, 5.41) is 0. The second-order valence-electron chi connectivity index (χ2n) is 8.97. The maximum Gasteiger partial charge on any atom is 0.432 e. The third-order valence-corrected chi connectivity index (χ3v) is 6.64. The van der Waals surface area contributed by atoms with Crippen LogP contribution in [0.1, 0.15) is 37.7 Å². The summed E-state index contributed by atoms with van der Waals surface area (Å²) >= 11 is 0. The Morgan fingerprint density at radius 1 is 1.35 bits per heavy atom.